The van der Waals surface area contributed by atoms with Crippen LogP contribution in [0.15, 0.2) is 0 Å². The van der Waals surface area contributed by atoms with Gasteiger partial charge < -0.3 is 15.4 Å². The van der Waals surface area contributed by atoms with Gasteiger partial charge in [0.05, 0.1) is 25.3 Å². The number of morpholine rings is 1. The molecule has 0 bridgehead atoms. The largest absolute Gasteiger partial charge is 0.377 e. The second-order valence-electron chi connectivity index (χ2n) is 5.51. The van der Waals surface area contributed by atoms with E-state index in [2.05, 4.69) is 6.92 Å². The molecule has 1 rings (SSSR count). The van der Waals surface area contributed by atoms with Crippen molar-refractivity contribution in [3.63, 3.8) is 0 Å². The Morgan fingerprint density at radius 1 is 1.56 bits per heavy atom. The van der Waals surface area contributed by atoms with E-state index in [1.54, 1.807) is 0 Å². The molecule has 0 saturated carbocycles. The van der Waals surface area contributed by atoms with Crippen LogP contribution in [-0.4, -0.2) is 42.6 Å². The molecule has 94 valence electrons. The van der Waals surface area contributed by atoms with E-state index >= 15 is 0 Å². The average Bonchev–Trinajstić information content (AvgIpc) is 2.25. The number of amides is 1. The van der Waals surface area contributed by atoms with Crippen molar-refractivity contribution in [2.24, 2.45) is 11.1 Å². The molecule has 0 aromatic heterocycles. The normalized spacial score (nSPS) is 24.3. The summed E-state index contributed by atoms with van der Waals surface area (Å²) < 4.78 is 5.38. The van der Waals surface area contributed by atoms with Crippen molar-refractivity contribution in [3.05, 3.63) is 0 Å². The minimum absolute atomic E-state index is 0.0580. The van der Waals surface area contributed by atoms with E-state index in [1.807, 2.05) is 25.7 Å². The maximum atomic E-state index is 12.3. The van der Waals surface area contributed by atoms with Crippen molar-refractivity contribution in [2.45, 2.75) is 46.2 Å². The summed E-state index contributed by atoms with van der Waals surface area (Å²) in [5, 5.41) is 0. The molecule has 2 N–H and O–H groups in total. The van der Waals surface area contributed by atoms with Gasteiger partial charge in [0, 0.05) is 6.54 Å². The standard InChI is InChI=1S/C12H24N2O2/c1-5-9-8-16-7-6-14(9)11(15)10(13)12(2,3)4/h9-10H,5-8,13H2,1-4H3/t9?,10-/m1/s1. The third-order valence-electron chi connectivity index (χ3n) is 3.18. The fourth-order valence-corrected chi connectivity index (χ4v) is 1.83. The molecule has 2 atom stereocenters. The lowest BCUT2D eigenvalue weighted by molar-refractivity contribution is -0.143. The third kappa shape index (κ3) is 2.95. The first-order chi connectivity index (χ1) is 7.38. The van der Waals surface area contributed by atoms with Crippen LogP contribution in [0.1, 0.15) is 34.1 Å². The molecule has 0 radical (unpaired) electrons. The summed E-state index contributed by atoms with van der Waals surface area (Å²) in [6.45, 7) is 9.99. The number of hydrogen-bond donors (Lipinski definition) is 1. The molecule has 1 amide bonds. The van der Waals surface area contributed by atoms with Crippen molar-refractivity contribution in [1.29, 1.82) is 0 Å². The van der Waals surface area contributed by atoms with Gasteiger partial charge in [0.15, 0.2) is 0 Å². The molecule has 1 heterocycles. The number of nitrogens with two attached hydrogens (primary N) is 1. The molecule has 1 unspecified atom stereocenters. The van der Waals surface area contributed by atoms with Gasteiger partial charge in [-0.25, -0.2) is 0 Å². The fraction of sp³-hybridized carbons (Fsp3) is 0.917. The highest BCUT2D eigenvalue weighted by Gasteiger charge is 2.34. The molecular formula is C12H24N2O2. The highest BCUT2D eigenvalue weighted by molar-refractivity contribution is 5.82. The van der Waals surface area contributed by atoms with Gasteiger partial charge in [-0.3, -0.25) is 4.79 Å². The predicted octanol–water partition coefficient (Wildman–Crippen LogP) is 0.997. The molecule has 0 aliphatic carbocycles. The van der Waals surface area contributed by atoms with Crippen LogP contribution < -0.4 is 5.73 Å². The van der Waals surface area contributed by atoms with Gasteiger partial charge in [-0.1, -0.05) is 27.7 Å². The quantitative estimate of drug-likeness (QED) is 0.767. The number of carbonyl (C=O) groups excluding carboxylic acids is 1. The summed E-state index contributed by atoms with van der Waals surface area (Å²) in [6, 6.07) is -0.241. The Morgan fingerprint density at radius 3 is 2.69 bits per heavy atom. The Morgan fingerprint density at radius 2 is 2.19 bits per heavy atom. The molecule has 0 aromatic carbocycles. The molecule has 16 heavy (non-hydrogen) atoms. The van der Waals surface area contributed by atoms with Crippen molar-refractivity contribution >= 4 is 5.91 Å². The number of ether oxygens (including phenoxy) is 1. The number of rotatable bonds is 2. The molecular weight excluding hydrogens is 204 g/mol. The smallest absolute Gasteiger partial charge is 0.240 e. The topological polar surface area (TPSA) is 55.6 Å². The van der Waals surface area contributed by atoms with E-state index in [0.29, 0.717) is 19.8 Å². The Balaban J connectivity index is 2.71. The van der Waals surface area contributed by atoms with Crippen LogP contribution in [0.2, 0.25) is 0 Å². The predicted molar refractivity (Wildman–Crippen MR) is 64.0 cm³/mol. The van der Waals surface area contributed by atoms with E-state index in [-0.39, 0.29) is 17.4 Å². The van der Waals surface area contributed by atoms with Crippen LogP contribution in [0.3, 0.4) is 0 Å². The molecule has 1 saturated heterocycles. The van der Waals surface area contributed by atoms with Crippen LogP contribution in [0.5, 0.6) is 0 Å². The second-order valence-corrected chi connectivity index (χ2v) is 5.51. The van der Waals surface area contributed by atoms with Gasteiger partial charge in [0.1, 0.15) is 0 Å². The second kappa shape index (κ2) is 5.15. The monoisotopic (exact) mass is 228 g/mol. The summed E-state index contributed by atoms with van der Waals surface area (Å²) in [5.41, 5.74) is 5.82. The Bertz CT molecular complexity index is 248. The zero-order chi connectivity index (χ0) is 12.3. The van der Waals surface area contributed by atoms with E-state index in [1.165, 1.54) is 0 Å². The Labute approximate surface area is 98.1 Å². The van der Waals surface area contributed by atoms with E-state index < -0.39 is 6.04 Å². The highest BCUT2D eigenvalue weighted by atomic mass is 16.5. The Hall–Kier alpha value is -0.610. The van der Waals surface area contributed by atoms with Crippen LogP contribution in [0.25, 0.3) is 0 Å². The number of carbonyl (C=O) groups is 1. The van der Waals surface area contributed by atoms with Gasteiger partial charge in [0.25, 0.3) is 0 Å². The lowest BCUT2D eigenvalue weighted by Crippen LogP contribution is -2.57. The van der Waals surface area contributed by atoms with Gasteiger partial charge in [-0.05, 0) is 11.8 Å². The summed E-state index contributed by atoms with van der Waals surface area (Å²) in [5.74, 6) is 0.0580. The third-order valence-corrected chi connectivity index (χ3v) is 3.18. The van der Waals surface area contributed by atoms with Crippen LogP contribution in [0.4, 0.5) is 0 Å². The fourth-order valence-electron chi connectivity index (χ4n) is 1.83. The number of nitrogens with zero attached hydrogens (tertiary/aromatic N) is 1. The van der Waals surface area contributed by atoms with E-state index in [0.717, 1.165) is 6.42 Å². The maximum absolute atomic E-state index is 12.3. The molecule has 1 aliphatic heterocycles. The van der Waals surface area contributed by atoms with E-state index in [9.17, 15) is 4.79 Å². The van der Waals surface area contributed by atoms with Crippen molar-refractivity contribution in [2.75, 3.05) is 19.8 Å². The van der Waals surface area contributed by atoms with Crippen molar-refractivity contribution in [3.8, 4) is 0 Å². The molecule has 0 spiro atoms. The van der Waals surface area contributed by atoms with Gasteiger partial charge in [-0.15, -0.1) is 0 Å². The van der Waals surface area contributed by atoms with Gasteiger partial charge >= 0.3 is 0 Å². The first-order valence-electron chi connectivity index (χ1n) is 6.01. The minimum atomic E-state index is -0.431. The first-order valence-corrected chi connectivity index (χ1v) is 6.01. The van der Waals surface area contributed by atoms with Crippen LogP contribution >= 0.6 is 0 Å². The van der Waals surface area contributed by atoms with Crippen LogP contribution in [0, 0.1) is 5.41 Å². The average molecular weight is 228 g/mol. The summed E-state index contributed by atoms with van der Waals surface area (Å²) in [4.78, 5) is 14.1. The lowest BCUT2D eigenvalue weighted by Gasteiger charge is -2.39. The Kier molecular flexibility index (Phi) is 4.33. The molecule has 0 aromatic rings. The zero-order valence-electron chi connectivity index (χ0n) is 10.8. The van der Waals surface area contributed by atoms with Crippen LogP contribution in [-0.2, 0) is 9.53 Å². The molecule has 4 heteroatoms. The summed E-state index contributed by atoms with van der Waals surface area (Å²) in [6.07, 6.45) is 0.919. The summed E-state index contributed by atoms with van der Waals surface area (Å²) in [7, 11) is 0. The van der Waals surface area contributed by atoms with Crippen molar-refractivity contribution < 1.29 is 9.53 Å². The molecule has 4 nitrogen and oxygen atoms in total. The lowest BCUT2D eigenvalue weighted by atomic mass is 9.86. The molecule has 1 fully saturated rings. The zero-order valence-corrected chi connectivity index (χ0v) is 10.8. The number of hydrogen-bond acceptors (Lipinski definition) is 3. The van der Waals surface area contributed by atoms with Crippen molar-refractivity contribution in [1.82, 2.24) is 4.90 Å². The summed E-state index contributed by atoms with van der Waals surface area (Å²) >= 11 is 0. The van der Waals surface area contributed by atoms with Gasteiger partial charge in [-0.2, -0.15) is 0 Å². The highest BCUT2D eigenvalue weighted by Crippen LogP contribution is 2.21. The SMILES string of the molecule is CCC1COCCN1C(=O)[C@@H](N)C(C)(C)C. The maximum Gasteiger partial charge on any atom is 0.240 e. The van der Waals surface area contributed by atoms with Gasteiger partial charge in [0.2, 0.25) is 5.91 Å². The minimum Gasteiger partial charge on any atom is -0.377 e. The molecule has 1 aliphatic rings. The first kappa shape index (κ1) is 13.5. The van der Waals surface area contributed by atoms with E-state index in [4.69, 9.17) is 10.5 Å².